The number of halogens is 1. The molecule has 0 aliphatic heterocycles. The highest BCUT2D eigenvalue weighted by atomic mass is 32.2. The first-order chi connectivity index (χ1) is 13.8. The first-order valence-corrected chi connectivity index (χ1v) is 10.8. The smallest absolute Gasteiger partial charge is 0.241 e. The van der Waals surface area contributed by atoms with Crippen molar-refractivity contribution in [1.82, 2.24) is 4.72 Å². The summed E-state index contributed by atoms with van der Waals surface area (Å²) in [5.74, 6) is -0.798. The molecule has 29 heavy (non-hydrogen) atoms. The molecule has 3 aromatic rings. The first-order valence-electron chi connectivity index (χ1n) is 9.36. The van der Waals surface area contributed by atoms with E-state index in [9.17, 15) is 17.9 Å². The van der Waals surface area contributed by atoms with Crippen LogP contribution >= 0.6 is 0 Å². The summed E-state index contributed by atoms with van der Waals surface area (Å²) in [6.07, 6.45) is 0.242. The summed E-state index contributed by atoms with van der Waals surface area (Å²) in [4.78, 5) is 2.11. The van der Waals surface area contributed by atoms with E-state index in [1.54, 1.807) is 36.4 Å². The van der Waals surface area contributed by atoms with Crippen LogP contribution in [0.2, 0.25) is 0 Å². The Hall–Kier alpha value is -2.48. The third-order valence-electron chi connectivity index (χ3n) is 4.92. The third-order valence-corrected chi connectivity index (χ3v) is 6.40. The van der Waals surface area contributed by atoms with Crippen LogP contribution in [-0.4, -0.2) is 40.8 Å². The standard InChI is InChI=1S/C22H25FN2O3S/c1-25(2)21-11-5-9-19-18(21)8-6-12-22(19)29(27,28)24-14-16(15-26)13-17-7-3-4-10-20(17)23/h3-12,16,24,26H,13-15H2,1-2H3. The number of sulfonamides is 1. The van der Waals surface area contributed by atoms with Crippen molar-refractivity contribution in [2.45, 2.75) is 11.3 Å². The summed E-state index contributed by atoms with van der Waals surface area (Å²) >= 11 is 0. The summed E-state index contributed by atoms with van der Waals surface area (Å²) in [5, 5.41) is 11.1. The van der Waals surface area contributed by atoms with Crippen LogP contribution in [-0.2, 0) is 16.4 Å². The topological polar surface area (TPSA) is 69.6 Å². The molecule has 0 aliphatic carbocycles. The zero-order chi connectivity index (χ0) is 21.0. The average Bonchev–Trinajstić information content (AvgIpc) is 2.71. The van der Waals surface area contributed by atoms with E-state index >= 15 is 0 Å². The van der Waals surface area contributed by atoms with Crippen molar-refractivity contribution < 1.29 is 17.9 Å². The second kappa shape index (κ2) is 8.90. The molecule has 7 heteroatoms. The van der Waals surface area contributed by atoms with Gasteiger partial charge in [-0.3, -0.25) is 0 Å². The maximum Gasteiger partial charge on any atom is 0.241 e. The molecule has 0 amide bonds. The SMILES string of the molecule is CN(C)c1cccc2c(S(=O)(=O)NCC(CO)Cc3ccccc3F)cccc12. The van der Waals surface area contributed by atoms with Crippen LogP contribution in [0.1, 0.15) is 5.56 Å². The van der Waals surface area contributed by atoms with Crippen molar-refractivity contribution in [2.75, 3.05) is 32.1 Å². The van der Waals surface area contributed by atoms with Crippen LogP contribution in [0.5, 0.6) is 0 Å². The van der Waals surface area contributed by atoms with Gasteiger partial charge in [-0.15, -0.1) is 0 Å². The van der Waals surface area contributed by atoms with Crippen LogP contribution < -0.4 is 9.62 Å². The van der Waals surface area contributed by atoms with E-state index in [4.69, 9.17) is 0 Å². The van der Waals surface area contributed by atoms with Crippen LogP contribution in [0.4, 0.5) is 10.1 Å². The van der Waals surface area contributed by atoms with Gasteiger partial charge in [-0.25, -0.2) is 17.5 Å². The van der Waals surface area contributed by atoms with E-state index < -0.39 is 15.9 Å². The molecule has 0 spiro atoms. The molecule has 5 nitrogen and oxygen atoms in total. The number of nitrogens with one attached hydrogen (secondary N) is 1. The zero-order valence-electron chi connectivity index (χ0n) is 16.5. The van der Waals surface area contributed by atoms with Crippen molar-refractivity contribution in [3.05, 3.63) is 72.0 Å². The Bertz CT molecular complexity index is 1100. The number of aliphatic hydroxyl groups excluding tert-OH is 1. The van der Waals surface area contributed by atoms with E-state index in [0.29, 0.717) is 10.9 Å². The van der Waals surface area contributed by atoms with Gasteiger partial charge in [-0.05, 0) is 36.1 Å². The second-order valence-electron chi connectivity index (χ2n) is 7.22. The van der Waals surface area contributed by atoms with Crippen LogP contribution in [0.15, 0.2) is 65.6 Å². The van der Waals surface area contributed by atoms with Crippen molar-refractivity contribution >= 4 is 26.5 Å². The van der Waals surface area contributed by atoms with Crippen molar-refractivity contribution in [3.8, 4) is 0 Å². The molecule has 154 valence electrons. The Balaban J connectivity index is 1.84. The Morgan fingerprint density at radius 3 is 2.38 bits per heavy atom. The number of nitrogens with zero attached hydrogens (tertiary/aromatic N) is 1. The lowest BCUT2D eigenvalue weighted by atomic mass is 10.00. The van der Waals surface area contributed by atoms with Gasteiger partial charge in [0, 0.05) is 43.7 Å². The van der Waals surface area contributed by atoms with Gasteiger partial charge in [0.25, 0.3) is 0 Å². The van der Waals surface area contributed by atoms with Gasteiger partial charge in [0.1, 0.15) is 5.82 Å². The molecule has 3 rings (SSSR count). The lowest BCUT2D eigenvalue weighted by molar-refractivity contribution is 0.226. The maximum absolute atomic E-state index is 13.9. The van der Waals surface area contributed by atoms with Crippen molar-refractivity contribution in [3.63, 3.8) is 0 Å². The molecule has 0 radical (unpaired) electrons. The fourth-order valence-electron chi connectivity index (χ4n) is 3.37. The number of benzene rings is 3. The van der Waals surface area contributed by atoms with Crippen LogP contribution in [0.3, 0.4) is 0 Å². The first kappa shape index (κ1) is 21.2. The van der Waals surface area contributed by atoms with E-state index in [2.05, 4.69) is 4.72 Å². The lowest BCUT2D eigenvalue weighted by Crippen LogP contribution is -2.32. The maximum atomic E-state index is 13.9. The third kappa shape index (κ3) is 4.75. The predicted molar refractivity (Wildman–Crippen MR) is 114 cm³/mol. The molecule has 0 aromatic heterocycles. The largest absolute Gasteiger partial charge is 0.396 e. The Morgan fingerprint density at radius 1 is 1.00 bits per heavy atom. The highest BCUT2D eigenvalue weighted by molar-refractivity contribution is 7.89. The number of fused-ring (bicyclic) bond motifs is 1. The molecule has 0 bridgehead atoms. The van der Waals surface area contributed by atoms with Crippen molar-refractivity contribution in [2.24, 2.45) is 5.92 Å². The second-order valence-corrected chi connectivity index (χ2v) is 8.95. The summed E-state index contributed by atoms with van der Waals surface area (Å²) in [6.45, 7) is -0.242. The number of aliphatic hydroxyl groups is 1. The number of hydrogen-bond donors (Lipinski definition) is 2. The van der Waals surface area contributed by atoms with Gasteiger partial charge in [0.05, 0.1) is 4.90 Å². The van der Waals surface area contributed by atoms with Gasteiger partial charge in [-0.1, -0.05) is 42.5 Å². The Labute approximate surface area is 170 Å². The van der Waals surface area contributed by atoms with Gasteiger partial charge in [-0.2, -0.15) is 0 Å². The van der Waals surface area contributed by atoms with Crippen LogP contribution in [0, 0.1) is 11.7 Å². The van der Waals surface area contributed by atoms with Gasteiger partial charge >= 0.3 is 0 Å². The molecule has 0 saturated carbocycles. The number of hydrogen-bond acceptors (Lipinski definition) is 4. The highest BCUT2D eigenvalue weighted by Crippen LogP contribution is 2.30. The van der Waals surface area contributed by atoms with E-state index in [1.165, 1.54) is 6.07 Å². The molecule has 0 aliphatic rings. The zero-order valence-corrected chi connectivity index (χ0v) is 17.3. The molecule has 0 fully saturated rings. The Kier molecular flexibility index (Phi) is 6.52. The minimum atomic E-state index is -3.81. The Morgan fingerprint density at radius 2 is 1.69 bits per heavy atom. The summed E-state index contributed by atoms with van der Waals surface area (Å²) in [5.41, 5.74) is 1.37. The molecule has 0 heterocycles. The minimum absolute atomic E-state index is 0.0108. The molecule has 0 saturated heterocycles. The van der Waals surface area contributed by atoms with E-state index in [0.717, 1.165) is 11.1 Å². The molecule has 3 aromatic carbocycles. The fourth-order valence-corrected chi connectivity index (χ4v) is 4.71. The lowest BCUT2D eigenvalue weighted by Gasteiger charge is -2.18. The molecular weight excluding hydrogens is 391 g/mol. The number of rotatable bonds is 8. The van der Waals surface area contributed by atoms with E-state index in [1.807, 2.05) is 37.2 Å². The molecule has 2 N–H and O–H groups in total. The predicted octanol–water partition coefficient (Wildman–Crippen LogP) is 3.17. The minimum Gasteiger partial charge on any atom is -0.396 e. The monoisotopic (exact) mass is 416 g/mol. The summed E-state index contributed by atoms with van der Waals surface area (Å²) in [7, 11) is 0.000742. The molecular formula is C22H25FN2O3S. The van der Waals surface area contributed by atoms with E-state index in [-0.39, 0.29) is 30.3 Å². The quantitative estimate of drug-likeness (QED) is 0.592. The number of anilines is 1. The normalized spacial score (nSPS) is 12.8. The van der Waals surface area contributed by atoms with Gasteiger partial charge in [0.15, 0.2) is 0 Å². The van der Waals surface area contributed by atoms with Gasteiger partial charge < -0.3 is 10.0 Å². The summed E-state index contributed by atoms with van der Waals surface area (Å²) < 4.78 is 42.4. The average molecular weight is 417 g/mol. The molecule has 1 unspecified atom stereocenters. The molecule has 1 atom stereocenters. The fraction of sp³-hybridized carbons (Fsp3) is 0.273. The van der Waals surface area contributed by atoms with Gasteiger partial charge in [0.2, 0.25) is 10.0 Å². The van der Waals surface area contributed by atoms with Crippen LogP contribution in [0.25, 0.3) is 10.8 Å². The van der Waals surface area contributed by atoms with Crippen molar-refractivity contribution in [1.29, 1.82) is 0 Å². The highest BCUT2D eigenvalue weighted by Gasteiger charge is 2.21. The summed E-state index contributed by atoms with van der Waals surface area (Å²) in [6, 6.07) is 17.0.